The Balaban J connectivity index is 1.57. The Morgan fingerprint density at radius 1 is 1.19 bits per heavy atom. The fraction of sp³-hybridized carbons (Fsp3) is 0.368. The van der Waals surface area contributed by atoms with Crippen LogP contribution in [0.25, 0.3) is 0 Å². The molecule has 0 spiro atoms. The lowest BCUT2D eigenvalue weighted by Gasteiger charge is -2.25. The van der Waals surface area contributed by atoms with Gasteiger partial charge in [-0.2, -0.15) is 0 Å². The van der Waals surface area contributed by atoms with Gasteiger partial charge >= 0.3 is 0 Å². The van der Waals surface area contributed by atoms with E-state index < -0.39 is 11.6 Å². The molecule has 1 aliphatic heterocycles. The Morgan fingerprint density at radius 3 is 2.81 bits per heavy atom. The van der Waals surface area contributed by atoms with E-state index in [-0.39, 0.29) is 18.3 Å². The van der Waals surface area contributed by atoms with Crippen molar-refractivity contribution < 1.29 is 18.3 Å². The van der Waals surface area contributed by atoms with E-state index >= 15 is 0 Å². The summed E-state index contributed by atoms with van der Waals surface area (Å²) in [6.07, 6.45) is 4.42. The zero-order chi connectivity index (χ0) is 18.5. The monoisotopic (exact) mass is 361 g/mol. The van der Waals surface area contributed by atoms with Crippen LogP contribution in [0.4, 0.5) is 14.5 Å². The first kappa shape index (κ1) is 18.1. The third-order valence-corrected chi connectivity index (χ3v) is 4.43. The Labute approximate surface area is 151 Å². The van der Waals surface area contributed by atoms with Crippen molar-refractivity contribution in [3.8, 4) is 5.75 Å². The van der Waals surface area contributed by atoms with Gasteiger partial charge in [0.1, 0.15) is 5.82 Å². The van der Waals surface area contributed by atoms with Crippen molar-refractivity contribution in [1.29, 1.82) is 0 Å². The summed E-state index contributed by atoms with van der Waals surface area (Å²) in [6.45, 7) is 4.49. The molecule has 5 nitrogen and oxygen atoms in total. The Morgan fingerprint density at radius 2 is 2.04 bits per heavy atom. The summed E-state index contributed by atoms with van der Waals surface area (Å²) in [6, 6.07) is 5.01. The van der Waals surface area contributed by atoms with Crippen LogP contribution >= 0.6 is 0 Å². The number of hydrogen-bond acceptors (Lipinski definition) is 4. The molecule has 1 fully saturated rings. The number of carbonyl (C=O) groups is 1. The predicted molar refractivity (Wildman–Crippen MR) is 94.2 cm³/mol. The van der Waals surface area contributed by atoms with Gasteiger partial charge in [0, 0.05) is 50.3 Å². The van der Waals surface area contributed by atoms with Crippen LogP contribution in [0.2, 0.25) is 0 Å². The highest BCUT2D eigenvalue weighted by Crippen LogP contribution is 2.20. The number of nitrogens with zero attached hydrogens (tertiary/aromatic N) is 3. The molecule has 138 valence electrons. The SMILES string of the molecule is Cc1cnccc1N1CCCN(C(=O)COc2ccc(F)cc2F)CC1. The van der Waals surface area contributed by atoms with Crippen molar-refractivity contribution in [2.24, 2.45) is 0 Å². The third-order valence-electron chi connectivity index (χ3n) is 4.43. The number of rotatable bonds is 4. The van der Waals surface area contributed by atoms with Crippen LogP contribution in [0.1, 0.15) is 12.0 Å². The molecule has 0 bridgehead atoms. The van der Waals surface area contributed by atoms with Crippen molar-refractivity contribution in [1.82, 2.24) is 9.88 Å². The average Bonchev–Trinajstić information content (AvgIpc) is 2.87. The van der Waals surface area contributed by atoms with E-state index in [0.717, 1.165) is 36.3 Å². The lowest BCUT2D eigenvalue weighted by atomic mass is 10.2. The highest BCUT2D eigenvalue weighted by molar-refractivity contribution is 5.78. The van der Waals surface area contributed by atoms with Crippen molar-refractivity contribution in [3.63, 3.8) is 0 Å². The maximum Gasteiger partial charge on any atom is 0.260 e. The van der Waals surface area contributed by atoms with Gasteiger partial charge < -0.3 is 14.5 Å². The molecular weight excluding hydrogens is 340 g/mol. The fourth-order valence-corrected chi connectivity index (χ4v) is 3.05. The predicted octanol–water partition coefficient (Wildman–Crippen LogP) is 2.79. The third kappa shape index (κ3) is 4.28. The Bertz CT molecular complexity index is 785. The molecule has 0 saturated carbocycles. The van der Waals surface area contributed by atoms with Crippen molar-refractivity contribution in [2.45, 2.75) is 13.3 Å². The van der Waals surface area contributed by atoms with Gasteiger partial charge in [0.2, 0.25) is 0 Å². The summed E-state index contributed by atoms with van der Waals surface area (Å²) in [5.74, 6) is -1.82. The van der Waals surface area contributed by atoms with Crippen molar-refractivity contribution in [3.05, 3.63) is 53.9 Å². The van der Waals surface area contributed by atoms with Gasteiger partial charge in [-0.05, 0) is 37.1 Å². The van der Waals surface area contributed by atoms with Crippen LogP contribution in [0.3, 0.4) is 0 Å². The van der Waals surface area contributed by atoms with Crippen molar-refractivity contribution >= 4 is 11.6 Å². The largest absolute Gasteiger partial charge is 0.481 e. The number of amides is 1. The molecule has 1 aromatic heterocycles. The lowest BCUT2D eigenvalue weighted by molar-refractivity contribution is -0.133. The van der Waals surface area contributed by atoms with E-state index in [9.17, 15) is 13.6 Å². The zero-order valence-electron chi connectivity index (χ0n) is 14.6. The number of aromatic nitrogens is 1. The molecule has 0 unspecified atom stereocenters. The first-order chi connectivity index (χ1) is 12.5. The summed E-state index contributed by atoms with van der Waals surface area (Å²) in [5, 5.41) is 0. The second-order valence-electron chi connectivity index (χ2n) is 6.25. The van der Waals surface area contributed by atoms with Gasteiger partial charge in [0.05, 0.1) is 0 Å². The number of ether oxygens (including phenoxy) is 1. The number of pyridine rings is 1. The number of halogens is 2. The minimum absolute atomic E-state index is 0.122. The van der Waals surface area contributed by atoms with Gasteiger partial charge in [-0.25, -0.2) is 8.78 Å². The van der Waals surface area contributed by atoms with Gasteiger partial charge in [-0.1, -0.05) is 0 Å². The molecular formula is C19H21F2N3O2. The molecule has 2 aromatic rings. The molecule has 3 rings (SSSR count). The molecule has 1 amide bonds. The van der Waals surface area contributed by atoms with E-state index in [1.165, 1.54) is 6.07 Å². The maximum absolute atomic E-state index is 13.6. The molecule has 26 heavy (non-hydrogen) atoms. The molecule has 7 heteroatoms. The minimum atomic E-state index is -0.812. The Kier molecular flexibility index (Phi) is 5.65. The van der Waals surface area contributed by atoms with E-state index in [1.54, 1.807) is 11.1 Å². The topological polar surface area (TPSA) is 45.7 Å². The molecule has 0 radical (unpaired) electrons. The fourth-order valence-electron chi connectivity index (χ4n) is 3.05. The number of aryl methyl sites for hydroxylation is 1. The zero-order valence-corrected chi connectivity index (χ0v) is 14.6. The maximum atomic E-state index is 13.6. The van der Waals surface area contributed by atoms with Gasteiger partial charge in [0.25, 0.3) is 5.91 Å². The number of hydrogen-bond donors (Lipinski definition) is 0. The highest BCUT2D eigenvalue weighted by atomic mass is 19.1. The summed E-state index contributed by atoms with van der Waals surface area (Å²) < 4.78 is 31.7. The van der Waals surface area contributed by atoms with E-state index in [1.807, 2.05) is 19.2 Å². The van der Waals surface area contributed by atoms with Crippen LogP contribution in [0.5, 0.6) is 5.75 Å². The number of anilines is 1. The highest BCUT2D eigenvalue weighted by Gasteiger charge is 2.21. The van der Waals surface area contributed by atoms with Crippen LogP contribution in [-0.4, -0.2) is 48.6 Å². The number of benzene rings is 1. The molecule has 0 N–H and O–H groups in total. The summed E-state index contributed by atoms with van der Waals surface area (Å²) >= 11 is 0. The molecule has 1 aromatic carbocycles. The quantitative estimate of drug-likeness (QED) is 0.840. The van der Waals surface area contributed by atoms with Gasteiger partial charge in [-0.3, -0.25) is 9.78 Å². The van der Waals surface area contributed by atoms with E-state index in [4.69, 9.17) is 4.74 Å². The summed E-state index contributed by atoms with van der Waals surface area (Å²) in [7, 11) is 0. The minimum Gasteiger partial charge on any atom is -0.481 e. The van der Waals surface area contributed by atoms with Crippen LogP contribution in [0, 0.1) is 18.6 Å². The first-order valence-corrected chi connectivity index (χ1v) is 8.56. The van der Waals surface area contributed by atoms with Crippen molar-refractivity contribution in [2.75, 3.05) is 37.7 Å². The normalized spacial score (nSPS) is 14.9. The molecule has 2 heterocycles. The van der Waals surface area contributed by atoms with Crippen LogP contribution in [0.15, 0.2) is 36.7 Å². The second-order valence-corrected chi connectivity index (χ2v) is 6.25. The molecule has 1 aliphatic rings. The molecule has 1 saturated heterocycles. The Hall–Kier alpha value is -2.70. The summed E-state index contributed by atoms with van der Waals surface area (Å²) in [4.78, 5) is 20.5. The van der Waals surface area contributed by atoms with Crippen LogP contribution < -0.4 is 9.64 Å². The molecule has 0 aliphatic carbocycles. The van der Waals surface area contributed by atoms with E-state index in [0.29, 0.717) is 19.6 Å². The second kappa shape index (κ2) is 8.12. The smallest absolute Gasteiger partial charge is 0.260 e. The van der Waals surface area contributed by atoms with Gasteiger partial charge in [0.15, 0.2) is 18.2 Å². The first-order valence-electron chi connectivity index (χ1n) is 8.56. The average molecular weight is 361 g/mol. The number of carbonyl (C=O) groups excluding carboxylic acids is 1. The lowest BCUT2D eigenvalue weighted by Crippen LogP contribution is -2.38. The van der Waals surface area contributed by atoms with E-state index in [2.05, 4.69) is 9.88 Å². The standard InChI is InChI=1S/C19H21F2N3O2/c1-14-12-22-6-5-17(14)23-7-2-8-24(10-9-23)19(25)13-26-18-4-3-15(20)11-16(18)21/h3-6,11-12H,2,7-10,13H2,1H3. The molecule has 0 atom stereocenters. The van der Waals surface area contributed by atoms with Gasteiger partial charge in [-0.15, -0.1) is 0 Å². The summed E-state index contributed by atoms with van der Waals surface area (Å²) in [5.41, 5.74) is 2.22. The van der Waals surface area contributed by atoms with Crippen LogP contribution in [-0.2, 0) is 4.79 Å².